The van der Waals surface area contributed by atoms with Crippen molar-refractivity contribution in [2.75, 3.05) is 20.3 Å². The van der Waals surface area contributed by atoms with Crippen LogP contribution in [0, 0.1) is 0 Å². The summed E-state index contributed by atoms with van der Waals surface area (Å²) in [6, 6.07) is 11.4. The van der Waals surface area contributed by atoms with Gasteiger partial charge in [0.15, 0.2) is 13.2 Å². The molecule has 176 valence electrons. The van der Waals surface area contributed by atoms with E-state index in [1.165, 1.54) is 31.4 Å². The minimum Gasteiger partial charge on any atom is -0.508 e. The van der Waals surface area contributed by atoms with Gasteiger partial charge in [-0.15, -0.1) is 0 Å². The van der Waals surface area contributed by atoms with Crippen LogP contribution in [0.4, 0.5) is 0 Å². The van der Waals surface area contributed by atoms with E-state index in [1.54, 1.807) is 24.3 Å². The Labute approximate surface area is 190 Å². The molecule has 0 saturated carbocycles. The van der Waals surface area contributed by atoms with Crippen LogP contribution in [0.15, 0.2) is 48.5 Å². The summed E-state index contributed by atoms with van der Waals surface area (Å²) in [5.74, 6) is -2.79. The summed E-state index contributed by atoms with van der Waals surface area (Å²) in [4.78, 5) is 47.5. The molecule has 0 aliphatic heterocycles. The molecule has 0 aliphatic rings. The molecular formula is C23H25NO9. The number of carbonyl (C=O) groups excluding carboxylic acids is 4. The molecule has 1 amide bonds. The van der Waals surface area contributed by atoms with Gasteiger partial charge >= 0.3 is 17.9 Å². The second kappa shape index (κ2) is 12.7. The fourth-order valence-corrected chi connectivity index (χ4v) is 2.75. The Morgan fingerprint density at radius 3 is 1.94 bits per heavy atom. The van der Waals surface area contributed by atoms with Gasteiger partial charge < -0.3 is 29.7 Å². The van der Waals surface area contributed by atoms with Crippen molar-refractivity contribution in [2.45, 2.75) is 25.3 Å². The van der Waals surface area contributed by atoms with Crippen molar-refractivity contribution >= 4 is 23.8 Å². The lowest BCUT2D eigenvalue weighted by atomic mass is 10.1. The smallest absolute Gasteiger partial charge is 0.344 e. The van der Waals surface area contributed by atoms with E-state index in [0.717, 1.165) is 5.56 Å². The number of aryl methyl sites for hydroxylation is 1. The average molecular weight is 459 g/mol. The Bertz CT molecular complexity index is 955. The van der Waals surface area contributed by atoms with Gasteiger partial charge in [-0.05, 0) is 41.8 Å². The summed E-state index contributed by atoms with van der Waals surface area (Å²) in [5, 5.41) is 21.0. The van der Waals surface area contributed by atoms with Crippen molar-refractivity contribution < 1.29 is 43.6 Å². The summed E-state index contributed by atoms with van der Waals surface area (Å²) in [6.45, 7) is -1.33. The van der Waals surface area contributed by atoms with Crippen LogP contribution in [0.5, 0.6) is 11.5 Å². The van der Waals surface area contributed by atoms with Crippen LogP contribution in [0.2, 0.25) is 0 Å². The van der Waals surface area contributed by atoms with Crippen molar-refractivity contribution in [3.63, 3.8) is 0 Å². The largest absolute Gasteiger partial charge is 0.508 e. The molecule has 0 aliphatic carbocycles. The van der Waals surface area contributed by atoms with Crippen molar-refractivity contribution in [2.24, 2.45) is 0 Å². The fourth-order valence-electron chi connectivity index (χ4n) is 2.75. The summed E-state index contributed by atoms with van der Waals surface area (Å²) < 4.78 is 14.3. The molecule has 0 bridgehead atoms. The molecule has 3 N–H and O–H groups in total. The lowest BCUT2D eigenvalue weighted by Gasteiger charge is -2.16. The van der Waals surface area contributed by atoms with Gasteiger partial charge in [0, 0.05) is 12.8 Å². The van der Waals surface area contributed by atoms with Crippen molar-refractivity contribution in [1.29, 1.82) is 0 Å². The fraction of sp³-hybridized carbons (Fsp3) is 0.304. The number of nitrogens with one attached hydrogen (secondary N) is 1. The number of phenols is 2. The van der Waals surface area contributed by atoms with Crippen molar-refractivity contribution in [1.82, 2.24) is 5.32 Å². The first kappa shape index (κ1) is 25.2. The quantitative estimate of drug-likeness (QED) is 0.331. The third-order valence-corrected chi connectivity index (χ3v) is 4.47. The molecule has 1 atom stereocenters. The molecule has 1 unspecified atom stereocenters. The molecule has 0 aromatic heterocycles. The number of aromatic hydroxyl groups is 2. The number of benzene rings is 2. The van der Waals surface area contributed by atoms with E-state index < -0.39 is 43.1 Å². The molecule has 10 nitrogen and oxygen atoms in total. The van der Waals surface area contributed by atoms with Gasteiger partial charge in [-0.1, -0.05) is 24.3 Å². The number of esters is 3. The Balaban J connectivity index is 1.71. The zero-order chi connectivity index (χ0) is 24.2. The topological polar surface area (TPSA) is 148 Å². The van der Waals surface area contributed by atoms with Crippen LogP contribution < -0.4 is 5.32 Å². The highest BCUT2D eigenvalue weighted by molar-refractivity contribution is 5.86. The highest BCUT2D eigenvalue weighted by Crippen LogP contribution is 2.12. The van der Waals surface area contributed by atoms with Gasteiger partial charge in [0.05, 0.1) is 7.11 Å². The number of phenolic OH excluding ortho intramolecular Hbond substituents is 2. The van der Waals surface area contributed by atoms with E-state index in [2.05, 4.69) is 10.1 Å². The van der Waals surface area contributed by atoms with Crippen molar-refractivity contribution in [3.8, 4) is 11.5 Å². The molecular weight excluding hydrogens is 434 g/mol. The van der Waals surface area contributed by atoms with Crippen LogP contribution in [0.1, 0.15) is 17.5 Å². The van der Waals surface area contributed by atoms with Crippen LogP contribution >= 0.6 is 0 Å². The number of hydrogen-bond donors (Lipinski definition) is 3. The molecule has 0 radical (unpaired) electrons. The predicted molar refractivity (Wildman–Crippen MR) is 114 cm³/mol. The van der Waals surface area contributed by atoms with Gasteiger partial charge in [-0.3, -0.25) is 9.59 Å². The van der Waals surface area contributed by atoms with E-state index in [0.29, 0.717) is 12.0 Å². The SMILES string of the molecule is COC(=O)C(Cc1ccc(O)cc1)NC(=O)COC(=O)COC(=O)CCc1ccc(O)cc1. The number of ether oxygens (including phenoxy) is 3. The van der Waals surface area contributed by atoms with E-state index >= 15 is 0 Å². The third-order valence-electron chi connectivity index (χ3n) is 4.47. The summed E-state index contributed by atoms with van der Waals surface area (Å²) in [5.41, 5.74) is 1.48. The summed E-state index contributed by atoms with van der Waals surface area (Å²) in [7, 11) is 1.17. The zero-order valence-electron chi connectivity index (χ0n) is 18.0. The van der Waals surface area contributed by atoms with E-state index in [1.807, 2.05) is 0 Å². The van der Waals surface area contributed by atoms with E-state index in [9.17, 15) is 29.4 Å². The maximum Gasteiger partial charge on any atom is 0.344 e. The van der Waals surface area contributed by atoms with Crippen LogP contribution in [0.25, 0.3) is 0 Å². The number of amides is 1. The first-order chi connectivity index (χ1) is 15.8. The standard InChI is InChI=1S/C23H25NO9/c1-31-23(30)19(12-16-4-9-18(26)10-5-16)24-20(27)13-32-22(29)14-33-21(28)11-6-15-2-7-17(25)8-3-15/h2-5,7-10,19,25-26H,6,11-14H2,1H3,(H,24,27). The zero-order valence-corrected chi connectivity index (χ0v) is 18.0. The summed E-state index contributed by atoms with van der Waals surface area (Å²) >= 11 is 0. The number of methoxy groups -OCH3 is 1. The first-order valence-electron chi connectivity index (χ1n) is 10.0. The molecule has 2 aromatic carbocycles. The Hall–Kier alpha value is -4.08. The molecule has 0 heterocycles. The number of hydrogen-bond acceptors (Lipinski definition) is 9. The normalized spacial score (nSPS) is 11.2. The summed E-state index contributed by atoms with van der Waals surface area (Å²) in [6.07, 6.45) is 0.494. The molecule has 2 aromatic rings. The van der Waals surface area contributed by atoms with Gasteiger partial charge in [-0.2, -0.15) is 0 Å². The van der Waals surface area contributed by atoms with Crippen LogP contribution in [-0.4, -0.2) is 60.4 Å². The second-order valence-corrected chi connectivity index (χ2v) is 7.00. The molecule has 0 spiro atoms. The number of carbonyl (C=O) groups is 4. The highest BCUT2D eigenvalue weighted by atomic mass is 16.6. The first-order valence-corrected chi connectivity index (χ1v) is 10.0. The van der Waals surface area contributed by atoms with E-state index in [-0.39, 0.29) is 24.3 Å². The number of rotatable bonds is 11. The maximum absolute atomic E-state index is 12.1. The molecule has 0 saturated heterocycles. The third kappa shape index (κ3) is 9.30. The van der Waals surface area contributed by atoms with Gasteiger partial charge in [-0.25, -0.2) is 9.59 Å². The molecule has 33 heavy (non-hydrogen) atoms. The Kier molecular flexibility index (Phi) is 9.69. The highest BCUT2D eigenvalue weighted by Gasteiger charge is 2.22. The van der Waals surface area contributed by atoms with E-state index in [4.69, 9.17) is 9.47 Å². The van der Waals surface area contributed by atoms with Crippen LogP contribution in [-0.2, 0) is 46.2 Å². The van der Waals surface area contributed by atoms with Gasteiger partial charge in [0.1, 0.15) is 17.5 Å². The molecule has 0 fully saturated rings. The van der Waals surface area contributed by atoms with Gasteiger partial charge in [0.2, 0.25) is 0 Å². The lowest BCUT2D eigenvalue weighted by molar-refractivity contribution is -0.160. The molecule has 10 heteroatoms. The Morgan fingerprint density at radius 1 is 0.818 bits per heavy atom. The monoisotopic (exact) mass is 459 g/mol. The minimum absolute atomic E-state index is 0.0244. The second-order valence-electron chi connectivity index (χ2n) is 7.00. The van der Waals surface area contributed by atoms with Gasteiger partial charge in [0.25, 0.3) is 5.91 Å². The van der Waals surface area contributed by atoms with Crippen molar-refractivity contribution in [3.05, 3.63) is 59.7 Å². The minimum atomic E-state index is -1.02. The average Bonchev–Trinajstić information content (AvgIpc) is 2.81. The van der Waals surface area contributed by atoms with Crippen LogP contribution in [0.3, 0.4) is 0 Å². The maximum atomic E-state index is 12.1. The lowest BCUT2D eigenvalue weighted by Crippen LogP contribution is -2.44. The predicted octanol–water partition coefficient (Wildman–Crippen LogP) is 1.02. The Morgan fingerprint density at radius 2 is 1.36 bits per heavy atom. The molecule has 2 rings (SSSR count).